The molecule has 1 saturated carbocycles. The highest BCUT2D eigenvalue weighted by atomic mass is 16.5. The van der Waals surface area contributed by atoms with Crippen LogP contribution in [-0.2, 0) is 4.79 Å². The number of nitrogens with zero attached hydrogens (tertiary/aromatic N) is 3. The van der Waals surface area contributed by atoms with Crippen molar-refractivity contribution < 1.29 is 14.1 Å². The minimum Gasteiger partial charge on any atom is -0.364 e. The average molecular weight is 482 g/mol. The van der Waals surface area contributed by atoms with Crippen LogP contribution in [0.4, 0.5) is 11.4 Å². The van der Waals surface area contributed by atoms with Gasteiger partial charge in [-0.3, -0.25) is 19.6 Å². The van der Waals surface area contributed by atoms with Crippen LogP contribution >= 0.6 is 0 Å². The van der Waals surface area contributed by atoms with E-state index in [1.54, 1.807) is 6.26 Å². The number of rotatable bonds is 5. The standard InChI is InChI=1S/C28H27N5O3/c1-17(34)29-21-11-7-19(8-12-21)25-24-26(31-30-25)28(35)33(27(24)20-5-3-2-4-6-20)22-13-9-18(10-14-22)23-15-16-36-32-23/h7-16,20,27H,2-6H2,1H3,(H,29,34)(H,30,31). The molecule has 3 heterocycles. The van der Waals surface area contributed by atoms with Crippen molar-refractivity contribution in [3.63, 3.8) is 0 Å². The predicted molar refractivity (Wildman–Crippen MR) is 136 cm³/mol. The fraction of sp³-hybridized carbons (Fsp3) is 0.286. The van der Waals surface area contributed by atoms with Crippen molar-refractivity contribution in [1.82, 2.24) is 15.4 Å². The maximum Gasteiger partial charge on any atom is 0.277 e. The maximum atomic E-state index is 13.8. The Hall–Kier alpha value is -4.20. The van der Waals surface area contributed by atoms with E-state index in [0.29, 0.717) is 11.6 Å². The SMILES string of the molecule is CC(=O)Nc1ccc(-c2n[nH]c3c2C(C2CCCCC2)N(c2ccc(-c4ccon4)cc2)C3=O)cc1. The molecule has 1 fully saturated rings. The van der Waals surface area contributed by atoms with Crippen LogP contribution in [0.25, 0.3) is 22.5 Å². The summed E-state index contributed by atoms with van der Waals surface area (Å²) in [5.41, 5.74) is 6.54. The van der Waals surface area contributed by atoms with Gasteiger partial charge in [-0.2, -0.15) is 5.10 Å². The molecule has 8 nitrogen and oxygen atoms in total. The summed E-state index contributed by atoms with van der Waals surface area (Å²) < 4.78 is 4.98. The quantitative estimate of drug-likeness (QED) is 0.365. The number of aromatic nitrogens is 3. The number of aromatic amines is 1. The molecular formula is C28H27N5O3. The third kappa shape index (κ3) is 3.88. The smallest absolute Gasteiger partial charge is 0.277 e. The Kier molecular flexibility index (Phi) is 5.64. The van der Waals surface area contributed by atoms with Gasteiger partial charge < -0.3 is 9.84 Å². The summed E-state index contributed by atoms with van der Waals surface area (Å²) in [5.74, 6) is 0.189. The van der Waals surface area contributed by atoms with E-state index in [0.717, 1.165) is 52.3 Å². The van der Waals surface area contributed by atoms with Gasteiger partial charge in [-0.15, -0.1) is 0 Å². The van der Waals surface area contributed by atoms with Crippen molar-refractivity contribution >= 4 is 23.2 Å². The first-order valence-corrected chi connectivity index (χ1v) is 12.4. The number of carbonyl (C=O) groups excluding carboxylic acids is 2. The van der Waals surface area contributed by atoms with Gasteiger partial charge in [0.1, 0.15) is 17.7 Å². The Morgan fingerprint density at radius 1 is 1.00 bits per heavy atom. The fourth-order valence-corrected chi connectivity index (χ4v) is 5.64. The second-order valence-electron chi connectivity index (χ2n) is 9.57. The summed E-state index contributed by atoms with van der Waals surface area (Å²) in [6, 6.07) is 17.3. The van der Waals surface area contributed by atoms with E-state index < -0.39 is 0 Å². The summed E-state index contributed by atoms with van der Waals surface area (Å²) in [6.07, 6.45) is 7.29. The zero-order valence-corrected chi connectivity index (χ0v) is 20.0. The summed E-state index contributed by atoms with van der Waals surface area (Å²) in [7, 11) is 0. The molecule has 8 heteroatoms. The molecule has 2 N–H and O–H groups in total. The Morgan fingerprint density at radius 3 is 2.39 bits per heavy atom. The Balaban J connectivity index is 1.40. The monoisotopic (exact) mass is 481 g/mol. The van der Waals surface area contributed by atoms with Gasteiger partial charge in [-0.25, -0.2) is 0 Å². The summed E-state index contributed by atoms with van der Waals surface area (Å²) in [5, 5.41) is 14.5. The Morgan fingerprint density at radius 2 is 1.72 bits per heavy atom. The normalized spacial score (nSPS) is 17.9. The first-order valence-electron chi connectivity index (χ1n) is 12.4. The number of anilines is 2. The van der Waals surface area contributed by atoms with Crippen molar-refractivity contribution in [1.29, 1.82) is 0 Å². The van der Waals surface area contributed by atoms with Crippen molar-refractivity contribution in [2.75, 3.05) is 10.2 Å². The minimum atomic E-state index is -0.114. The first-order chi connectivity index (χ1) is 17.6. The lowest BCUT2D eigenvalue weighted by Crippen LogP contribution is -2.33. The molecule has 0 radical (unpaired) electrons. The molecule has 2 aliphatic rings. The molecule has 0 spiro atoms. The van der Waals surface area contributed by atoms with Crippen LogP contribution < -0.4 is 10.2 Å². The highest BCUT2D eigenvalue weighted by Gasteiger charge is 2.45. The molecule has 2 aromatic carbocycles. The van der Waals surface area contributed by atoms with Crippen LogP contribution in [0.3, 0.4) is 0 Å². The zero-order valence-electron chi connectivity index (χ0n) is 20.0. The number of fused-ring (bicyclic) bond motifs is 1. The third-order valence-corrected chi connectivity index (χ3v) is 7.26. The largest absolute Gasteiger partial charge is 0.364 e. The van der Waals surface area contributed by atoms with Crippen LogP contribution in [-0.4, -0.2) is 27.2 Å². The molecule has 182 valence electrons. The summed E-state index contributed by atoms with van der Waals surface area (Å²) in [6.45, 7) is 1.49. The van der Waals surface area contributed by atoms with Crippen LogP contribution in [0.2, 0.25) is 0 Å². The molecule has 36 heavy (non-hydrogen) atoms. The Bertz CT molecular complexity index is 1380. The van der Waals surface area contributed by atoms with Gasteiger partial charge in [0, 0.05) is 41.1 Å². The molecule has 1 unspecified atom stereocenters. The molecule has 1 atom stereocenters. The number of nitrogens with one attached hydrogen (secondary N) is 2. The number of benzene rings is 2. The van der Waals surface area contributed by atoms with E-state index in [-0.39, 0.29) is 17.9 Å². The van der Waals surface area contributed by atoms with Gasteiger partial charge >= 0.3 is 0 Å². The van der Waals surface area contributed by atoms with E-state index in [1.165, 1.54) is 26.2 Å². The second kappa shape index (κ2) is 9.11. The molecule has 6 rings (SSSR count). The van der Waals surface area contributed by atoms with E-state index in [9.17, 15) is 9.59 Å². The van der Waals surface area contributed by atoms with Gasteiger partial charge in [-0.05, 0) is 43.0 Å². The highest BCUT2D eigenvalue weighted by molar-refractivity contribution is 6.11. The molecule has 0 bridgehead atoms. The number of H-pyrrole nitrogens is 1. The highest BCUT2D eigenvalue weighted by Crippen LogP contribution is 2.49. The van der Waals surface area contributed by atoms with Crippen LogP contribution in [0.15, 0.2) is 65.4 Å². The molecule has 2 aromatic heterocycles. The summed E-state index contributed by atoms with van der Waals surface area (Å²) >= 11 is 0. The molecule has 1 aliphatic heterocycles. The molecular weight excluding hydrogens is 454 g/mol. The van der Waals surface area contributed by atoms with Crippen molar-refractivity contribution in [2.24, 2.45) is 5.92 Å². The fourth-order valence-electron chi connectivity index (χ4n) is 5.64. The predicted octanol–water partition coefficient (Wildman–Crippen LogP) is 5.97. The van der Waals surface area contributed by atoms with Crippen molar-refractivity contribution in [2.45, 2.75) is 45.1 Å². The zero-order chi connectivity index (χ0) is 24.6. The van der Waals surface area contributed by atoms with Crippen LogP contribution in [0, 0.1) is 5.92 Å². The van der Waals surface area contributed by atoms with E-state index in [2.05, 4.69) is 20.7 Å². The molecule has 1 aliphatic carbocycles. The molecule has 4 aromatic rings. The third-order valence-electron chi connectivity index (χ3n) is 7.26. The van der Waals surface area contributed by atoms with Crippen molar-refractivity contribution in [3.8, 4) is 22.5 Å². The van der Waals surface area contributed by atoms with Gasteiger partial charge in [0.05, 0.1) is 11.7 Å². The first kappa shape index (κ1) is 22.3. The van der Waals surface area contributed by atoms with Crippen molar-refractivity contribution in [3.05, 3.63) is 72.1 Å². The van der Waals surface area contributed by atoms with Crippen LogP contribution in [0.1, 0.15) is 61.1 Å². The lowest BCUT2D eigenvalue weighted by atomic mass is 9.80. The van der Waals surface area contributed by atoms with E-state index in [4.69, 9.17) is 4.52 Å². The number of carbonyl (C=O) groups is 2. The van der Waals surface area contributed by atoms with Crippen LogP contribution in [0.5, 0.6) is 0 Å². The Labute approximate surface area is 208 Å². The number of amides is 2. The average Bonchev–Trinajstić information content (AvgIpc) is 3.63. The molecule has 0 saturated heterocycles. The number of hydrogen-bond acceptors (Lipinski definition) is 5. The van der Waals surface area contributed by atoms with Gasteiger partial charge in [0.15, 0.2) is 0 Å². The maximum absolute atomic E-state index is 13.8. The lowest BCUT2D eigenvalue weighted by molar-refractivity contribution is -0.114. The minimum absolute atomic E-state index is 0.0524. The summed E-state index contributed by atoms with van der Waals surface area (Å²) in [4.78, 5) is 27.1. The number of hydrogen-bond donors (Lipinski definition) is 2. The van der Waals surface area contributed by atoms with Gasteiger partial charge in [0.2, 0.25) is 5.91 Å². The van der Waals surface area contributed by atoms with E-state index in [1.807, 2.05) is 59.5 Å². The lowest BCUT2D eigenvalue weighted by Gasteiger charge is -2.35. The van der Waals surface area contributed by atoms with Gasteiger partial charge in [0.25, 0.3) is 5.91 Å². The topological polar surface area (TPSA) is 104 Å². The molecule has 2 amide bonds. The van der Waals surface area contributed by atoms with E-state index >= 15 is 0 Å². The second-order valence-corrected chi connectivity index (χ2v) is 9.57. The van der Waals surface area contributed by atoms with Gasteiger partial charge in [-0.1, -0.05) is 48.7 Å².